The number of aromatic nitrogens is 2. The van der Waals surface area contributed by atoms with Crippen LogP contribution in [0.3, 0.4) is 0 Å². The summed E-state index contributed by atoms with van der Waals surface area (Å²) in [4.78, 5) is 3.69. The summed E-state index contributed by atoms with van der Waals surface area (Å²) >= 11 is 0. The second-order valence-electron chi connectivity index (χ2n) is 2.98. The number of nitrogens with zero attached hydrogens (tertiary/aromatic N) is 2. The van der Waals surface area contributed by atoms with Gasteiger partial charge < -0.3 is 4.57 Å². The number of hydrogen-bond acceptors (Lipinski definition) is 4. The molecule has 6 heteroatoms. The Bertz CT molecular complexity index is 380. The molecule has 0 spiro atoms. The first kappa shape index (κ1) is 10.2. The zero-order chi connectivity index (χ0) is 10.1. The molecule has 1 aromatic heterocycles. The first-order chi connectivity index (χ1) is 5.92. The molecule has 1 heterocycles. The summed E-state index contributed by atoms with van der Waals surface area (Å²) in [5, 5.41) is -0.0521. The Balaban J connectivity index is 2.95. The van der Waals surface area contributed by atoms with E-state index in [-0.39, 0.29) is 11.1 Å². The number of imidazole rings is 1. The zero-order valence-corrected chi connectivity index (χ0v) is 8.58. The van der Waals surface area contributed by atoms with Crippen molar-refractivity contribution in [1.82, 2.24) is 9.55 Å². The van der Waals surface area contributed by atoms with Gasteiger partial charge in [0.25, 0.3) is 0 Å². The molecule has 0 aliphatic heterocycles. The van der Waals surface area contributed by atoms with Gasteiger partial charge in [-0.25, -0.2) is 4.98 Å². The van der Waals surface area contributed by atoms with Crippen LogP contribution < -0.4 is 0 Å². The highest BCUT2D eigenvalue weighted by Crippen LogP contribution is 2.10. The Hall–Kier alpha value is -0.880. The van der Waals surface area contributed by atoms with Crippen LogP contribution in [-0.4, -0.2) is 24.1 Å². The maximum atomic E-state index is 11.4. The molecule has 5 nitrogen and oxygen atoms in total. The van der Waals surface area contributed by atoms with Gasteiger partial charge in [-0.1, -0.05) is 0 Å². The lowest BCUT2D eigenvalue weighted by Crippen LogP contribution is -2.12. The quantitative estimate of drug-likeness (QED) is 0.674. The van der Waals surface area contributed by atoms with Crippen LogP contribution in [0.15, 0.2) is 17.6 Å². The lowest BCUT2D eigenvalue weighted by atomic mass is 10.5. The molecule has 0 amide bonds. The molecule has 0 atom stereocenters. The van der Waals surface area contributed by atoms with E-state index in [9.17, 15) is 8.42 Å². The second-order valence-corrected chi connectivity index (χ2v) is 4.50. The molecule has 0 bridgehead atoms. The minimum atomic E-state index is -3.67. The monoisotopic (exact) mass is 204 g/mol. The topological polar surface area (TPSA) is 61.2 Å². The van der Waals surface area contributed by atoms with Gasteiger partial charge in [-0.15, -0.1) is 0 Å². The fourth-order valence-corrected chi connectivity index (χ4v) is 1.90. The molecule has 1 rings (SSSR count). The molecular weight excluding hydrogens is 192 g/mol. The van der Waals surface area contributed by atoms with Crippen LogP contribution in [-0.2, 0) is 21.3 Å². The van der Waals surface area contributed by atoms with Gasteiger partial charge in [0.05, 0.1) is 12.4 Å². The molecule has 13 heavy (non-hydrogen) atoms. The summed E-state index contributed by atoms with van der Waals surface area (Å²) in [7, 11) is -1.97. The van der Waals surface area contributed by atoms with E-state index in [1.807, 2.05) is 0 Å². The average molecular weight is 204 g/mol. The summed E-state index contributed by atoms with van der Waals surface area (Å²) in [6, 6.07) is 0. The SMILES string of the molecule is CC(C)OS(=O)(=O)c1cn(C)cn1. The fourth-order valence-electron chi connectivity index (χ4n) is 0.821. The molecule has 1 aromatic rings. The lowest BCUT2D eigenvalue weighted by molar-refractivity contribution is 0.248. The Labute approximate surface area is 77.5 Å². The molecule has 0 saturated carbocycles. The van der Waals surface area contributed by atoms with Crippen molar-refractivity contribution in [1.29, 1.82) is 0 Å². The minimum Gasteiger partial charge on any atom is -0.339 e. The molecular formula is C7H12N2O3S. The van der Waals surface area contributed by atoms with Crippen molar-refractivity contribution >= 4 is 10.1 Å². The van der Waals surface area contributed by atoms with Gasteiger partial charge in [-0.2, -0.15) is 8.42 Å². The highest BCUT2D eigenvalue weighted by molar-refractivity contribution is 7.86. The largest absolute Gasteiger partial charge is 0.339 e. The third-order valence-corrected chi connectivity index (χ3v) is 2.62. The second kappa shape index (κ2) is 3.47. The molecule has 0 aromatic carbocycles. The summed E-state index contributed by atoms with van der Waals surface area (Å²) in [5.41, 5.74) is 0. The lowest BCUT2D eigenvalue weighted by Gasteiger charge is -2.04. The predicted molar refractivity (Wildman–Crippen MR) is 46.6 cm³/mol. The molecule has 74 valence electrons. The van der Waals surface area contributed by atoms with Crippen molar-refractivity contribution in [2.24, 2.45) is 7.05 Å². The summed E-state index contributed by atoms with van der Waals surface area (Å²) in [6.45, 7) is 3.31. The van der Waals surface area contributed by atoms with Crippen molar-refractivity contribution in [3.63, 3.8) is 0 Å². The smallest absolute Gasteiger partial charge is 0.316 e. The third kappa shape index (κ3) is 2.53. The molecule has 0 unspecified atom stereocenters. The van der Waals surface area contributed by atoms with E-state index in [4.69, 9.17) is 4.18 Å². The van der Waals surface area contributed by atoms with E-state index in [0.29, 0.717) is 0 Å². The Kier molecular flexibility index (Phi) is 2.72. The molecule has 0 aliphatic rings. The normalized spacial score (nSPS) is 12.3. The van der Waals surface area contributed by atoms with Gasteiger partial charge in [0.15, 0.2) is 5.03 Å². The van der Waals surface area contributed by atoms with Gasteiger partial charge in [0, 0.05) is 13.2 Å². The molecule has 0 fully saturated rings. The van der Waals surface area contributed by atoms with Crippen LogP contribution in [0, 0.1) is 0 Å². The first-order valence-corrected chi connectivity index (χ1v) is 5.24. The average Bonchev–Trinajstić information content (AvgIpc) is 2.32. The Morgan fingerprint density at radius 3 is 2.54 bits per heavy atom. The first-order valence-electron chi connectivity index (χ1n) is 3.83. The summed E-state index contributed by atoms with van der Waals surface area (Å²) in [5.74, 6) is 0. The maximum absolute atomic E-state index is 11.4. The van der Waals surface area contributed by atoms with E-state index >= 15 is 0 Å². The fraction of sp³-hybridized carbons (Fsp3) is 0.571. The predicted octanol–water partition coefficient (Wildman–Crippen LogP) is 0.534. The Morgan fingerprint density at radius 1 is 1.54 bits per heavy atom. The van der Waals surface area contributed by atoms with E-state index < -0.39 is 10.1 Å². The van der Waals surface area contributed by atoms with Crippen LogP contribution in [0.2, 0.25) is 0 Å². The molecule has 0 saturated heterocycles. The van der Waals surface area contributed by atoms with E-state index in [1.54, 1.807) is 25.5 Å². The van der Waals surface area contributed by atoms with E-state index in [2.05, 4.69) is 4.98 Å². The van der Waals surface area contributed by atoms with Crippen molar-refractivity contribution in [2.45, 2.75) is 25.0 Å². The van der Waals surface area contributed by atoms with Crippen LogP contribution in [0.25, 0.3) is 0 Å². The van der Waals surface area contributed by atoms with Crippen LogP contribution in [0.1, 0.15) is 13.8 Å². The van der Waals surface area contributed by atoms with Gasteiger partial charge in [-0.05, 0) is 13.8 Å². The molecule has 0 aliphatic carbocycles. The number of aryl methyl sites for hydroxylation is 1. The van der Waals surface area contributed by atoms with Crippen molar-refractivity contribution in [2.75, 3.05) is 0 Å². The van der Waals surface area contributed by atoms with Crippen molar-refractivity contribution in [3.8, 4) is 0 Å². The van der Waals surface area contributed by atoms with Gasteiger partial charge >= 0.3 is 10.1 Å². The van der Waals surface area contributed by atoms with Crippen LogP contribution >= 0.6 is 0 Å². The summed E-state index contributed by atoms with van der Waals surface area (Å²) in [6.07, 6.45) is 2.45. The highest BCUT2D eigenvalue weighted by atomic mass is 32.2. The van der Waals surface area contributed by atoms with Gasteiger partial charge in [0.1, 0.15) is 0 Å². The van der Waals surface area contributed by atoms with E-state index in [0.717, 1.165) is 0 Å². The number of hydrogen-bond donors (Lipinski definition) is 0. The van der Waals surface area contributed by atoms with Crippen molar-refractivity contribution in [3.05, 3.63) is 12.5 Å². The zero-order valence-electron chi connectivity index (χ0n) is 7.76. The highest BCUT2D eigenvalue weighted by Gasteiger charge is 2.19. The minimum absolute atomic E-state index is 0.0521. The maximum Gasteiger partial charge on any atom is 0.316 e. The van der Waals surface area contributed by atoms with Crippen LogP contribution in [0.5, 0.6) is 0 Å². The van der Waals surface area contributed by atoms with Gasteiger partial charge in [0.2, 0.25) is 0 Å². The standard InChI is InChI=1S/C7H12N2O3S/c1-6(2)12-13(10,11)7-4-9(3)5-8-7/h4-6H,1-3H3. The van der Waals surface area contributed by atoms with Crippen molar-refractivity contribution < 1.29 is 12.6 Å². The molecule has 0 radical (unpaired) electrons. The summed E-state index contributed by atoms with van der Waals surface area (Å²) < 4.78 is 29.0. The van der Waals surface area contributed by atoms with Gasteiger partial charge in [-0.3, -0.25) is 4.18 Å². The number of rotatable bonds is 3. The van der Waals surface area contributed by atoms with E-state index in [1.165, 1.54) is 12.5 Å². The Morgan fingerprint density at radius 2 is 2.15 bits per heavy atom. The third-order valence-electron chi connectivity index (χ3n) is 1.26. The molecule has 0 N–H and O–H groups in total. The van der Waals surface area contributed by atoms with Crippen LogP contribution in [0.4, 0.5) is 0 Å².